The molecule has 0 aliphatic carbocycles. The second-order valence-electron chi connectivity index (χ2n) is 24.1. The van der Waals surface area contributed by atoms with Crippen molar-refractivity contribution in [2.75, 3.05) is 44.5 Å². The molecule has 2 atom stereocenters. The smallest absolute Gasteiger partial charge is 0.413 e. The topological polar surface area (TPSA) is 137 Å². The summed E-state index contributed by atoms with van der Waals surface area (Å²) < 4.78 is 56.8. The molecule has 13 nitrogen and oxygen atoms in total. The van der Waals surface area contributed by atoms with E-state index in [2.05, 4.69) is 24.7 Å². The van der Waals surface area contributed by atoms with Crippen LogP contribution in [-0.4, -0.2) is 100.0 Å². The molecular weight excluding hydrogens is 1040 g/mol. The summed E-state index contributed by atoms with van der Waals surface area (Å²) in [5.41, 5.74) is -0.275. The summed E-state index contributed by atoms with van der Waals surface area (Å²) in [4.78, 5) is 60.3. The first-order valence-electron chi connectivity index (χ1n) is 32.2. The molecule has 0 spiro atoms. The van der Waals surface area contributed by atoms with Crippen LogP contribution in [0, 0.1) is 24.0 Å². The van der Waals surface area contributed by atoms with Gasteiger partial charge in [0.25, 0.3) is 0 Å². The number of hydrogen-bond donors (Lipinski definition) is 0. The summed E-state index contributed by atoms with van der Waals surface area (Å²) in [6.07, 6.45) is 44.2. The fourth-order valence-corrected chi connectivity index (χ4v) is 13.4. The zero-order chi connectivity index (χ0) is 57.5. The van der Waals surface area contributed by atoms with Crippen molar-refractivity contribution < 1.29 is 42.1 Å². The molecule has 15 heteroatoms. The molecule has 1 amide bonds. The largest absolute Gasteiger partial charge is 0.461 e. The molecule has 448 valence electrons. The first-order valence-corrected chi connectivity index (χ1v) is 32.2. The summed E-state index contributed by atoms with van der Waals surface area (Å²) in [6, 6.07) is 5.41. The van der Waals surface area contributed by atoms with Crippen molar-refractivity contribution >= 4 is 45.5 Å². The fourth-order valence-electron chi connectivity index (χ4n) is 13.4. The SMILES string of the molecule is C#Cc1c(F)ccc2cc(OC(=O)CCCCCCCCCCCCCCC)cc(-c3ncc4c(N5CC6CCC(C5)N6C(=O)OCOC(=O)CCCCCCCCCCCCCCC)nc(OCC56CCCN5CCC6)nc4c3F)c12. The number of unbranched alkanes of at least 4 members (excludes halogenated alkanes) is 24. The number of pyridine rings is 1. The molecule has 4 fully saturated rings. The standard InChI is InChI=1S/C67H94F2N6O7/c1-4-7-9-11-13-15-17-19-21-23-25-27-29-33-58(76)80-49-81-66(78)75-51-36-37-52(75)47-73(46-51)64-56-45-70-62(61(69)63(56)71-65(72-64)79-48-67-39-31-41-74(67)42-32-40-67)55-44-53(43-50-35-38-57(68)54(6-3)60(50)55)82-59(77)34-30-28-26-24-22-20-18-16-14-12-10-8-5-2/h3,35,38,43-45,51-52H,4-5,7-34,36-37,39-42,46-49H2,1-2H3. The average Bonchev–Trinajstić information content (AvgIpc) is 2.59. The third-order valence-corrected chi connectivity index (χ3v) is 18.0. The average molecular weight is 1130 g/mol. The van der Waals surface area contributed by atoms with Crippen LogP contribution in [0.15, 0.2) is 30.5 Å². The van der Waals surface area contributed by atoms with Gasteiger partial charge in [0.05, 0.1) is 28.6 Å². The van der Waals surface area contributed by atoms with Crippen molar-refractivity contribution in [1.82, 2.24) is 24.8 Å². The van der Waals surface area contributed by atoms with Crippen LogP contribution in [0.4, 0.5) is 19.4 Å². The number of ether oxygens (including phenoxy) is 4. The van der Waals surface area contributed by atoms with E-state index in [4.69, 9.17) is 40.3 Å². The predicted molar refractivity (Wildman–Crippen MR) is 321 cm³/mol. The monoisotopic (exact) mass is 1130 g/mol. The maximum atomic E-state index is 17.8. The van der Waals surface area contributed by atoms with Crippen molar-refractivity contribution in [3.05, 3.63) is 47.7 Å². The van der Waals surface area contributed by atoms with Gasteiger partial charge in [-0.2, -0.15) is 9.97 Å². The van der Waals surface area contributed by atoms with Crippen molar-refractivity contribution in [2.45, 2.75) is 250 Å². The van der Waals surface area contributed by atoms with Crippen molar-refractivity contribution in [1.29, 1.82) is 0 Å². The van der Waals surface area contributed by atoms with Crippen LogP contribution in [0.25, 0.3) is 32.9 Å². The number of piperazine rings is 1. The van der Waals surface area contributed by atoms with E-state index < -0.39 is 30.5 Å². The van der Waals surface area contributed by atoms with E-state index in [1.54, 1.807) is 11.0 Å². The third-order valence-electron chi connectivity index (χ3n) is 18.0. The molecule has 8 rings (SSSR count). The van der Waals surface area contributed by atoms with Gasteiger partial charge in [0.15, 0.2) is 5.82 Å². The second kappa shape index (κ2) is 32.4. The lowest BCUT2D eigenvalue weighted by atomic mass is 9.95. The first-order chi connectivity index (χ1) is 40.1. The normalized spacial score (nSPS) is 17.4. The number of fused-ring (bicyclic) bond motifs is 5. The maximum absolute atomic E-state index is 17.8. The van der Waals surface area contributed by atoms with Crippen molar-refractivity contribution in [3.63, 3.8) is 0 Å². The van der Waals surface area contributed by atoms with E-state index in [1.807, 2.05) is 4.90 Å². The molecule has 0 saturated carbocycles. The first kappa shape index (κ1) is 62.4. The minimum absolute atomic E-state index is 0.0116. The molecule has 82 heavy (non-hydrogen) atoms. The van der Waals surface area contributed by atoms with E-state index in [-0.39, 0.29) is 75.9 Å². The van der Waals surface area contributed by atoms with Gasteiger partial charge < -0.3 is 23.8 Å². The van der Waals surface area contributed by atoms with Gasteiger partial charge in [0.1, 0.15) is 35.2 Å². The number of halogens is 2. The van der Waals surface area contributed by atoms with Gasteiger partial charge in [0, 0.05) is 43.1 Å². The van der Waals surface area contributed by atoms with Crippen LogP contribution in [0.3, 0.4) is 0 Å². The summed E-state index contributed by atoms with van der Waals surface area (Å²) in [5.74, 6) is 0.798. The predicted octanol–water partition coefficient (Wildman–Crippen LogP) is 16.3. The number of rotatable bonds is 36. The zero-order valence-electron chi connectivity index (χ0n) is 49.7. The van der Waals surface area contributed by atoms with E-state index in [1.165, 1.54) is 146 Å². The molecular formula is C67H94F2N6O7. The van der Waals surface area contributed by atoms with Crippen molar-refractivity contribution in [2.24, 2.45) is 0 Å². The Morgan fingerprint density at radius 2 is 1.24 bits per heavy atom. The molecule has 4 aliphatic heterocycles. The van der Waals surface area contributed by atoms with Crippen molar-refractivity contribution in [3.8, 4) is 35.4 Å². The molecule has 4 aliphatic rings. The zero-order valence-corrected chi connectivity index (χ0v) is 49.7. The molecule has 0 N–H and O–H groups in total. The minimum Gasteiger partial charge on any atom is -0.461 e. The number of carbonyl (C=O) groups is 3. The van der Waals surface area contributed by atoms with Gasteiger partial charge in [-0.3, -0.25) is 24.4 Å². The highest BCUT2D eigenvalue weighted by molar-refractivity contribution is 6.03. The number of nitrogens with zero attached hydrogens (tertiary/aromatic N) is 6. The Morgan fingerprint density at radius 1 is 0.695 bits per heavy atom. The fraction of sp³-hybridized carbons (Fsp3) is 0.672. The lowest BCUT2D eigenvalue weighted by Gasteiger charge is -2.41. The number of terminal acetylenes is 1. The van der Waals surface area contributed by atoms with Crippen LogP contribution < -0.4 is 14.4 Å². The molecule has 2 aromatic carbocycles. The maximum Gasteiger partial charge on any atom is 0.413 e. The summed E-state index contributed by atoms with van der Waals surface area (Å²) in [5, 5.41) is 1.03. The van der Waals surface area contributed by atoms with E-state index in [0.717, 1.165) is 77.3 Å². The number of benzene rings is 2. The summed E-state index contributed by atoms with van der Waals surface area (Å²) >= 11 is 0. The Morgan fingerprint density at radius 3 is 1.80 bits per heavy atom. The third kappa shape index (κ3) is 17.0. The lowest BCUT2D eigenvalue weighted by Crippen LogP contribution is -2.56. The highest BCUT2D eigenvalue weighted by atomic mass is 19.1. The number of aromatic nitrogens is 3. The highest BCUT2D eigenvalue weighted by Gasteiger charge is 2.46. The molecule has 6 heterocycles. The van der Waals surface area contributed by atoms with Gasteiger partial charge >= 0.3 is 24.0 Å². The Hall–Kier alpha value is -5.62. The Bertz CT molecular complexity index is 2730. The van der Waals surface area contributed by atoms with Crippen LogP contribution in [0.5, 0.6) is 11.8 Å². The van der Waals surface area contributed by atoms with Crippen LogP contribution in [0.2, 0.25) is 0 Å². The lowest BCUT2D eigenvalue weighted by molar-refractivity contribution is -0.152. The Kier molecular flexibility index (Phi) is 24.7. The van der Waals surface area contributed by atoms with Gasteiger partial charge in [-0.05, 0) is 88.0 Å². The summed E-state index contributed by atoms with van der Waals surface area (Å²) in [7, 11) is 0. The molecule has 0 radical (unpaired) electrons. The van der Waals surface area contributed by atoms with Crippen LogP contribution in [-0.2, 0) is 19.1 Å². The number of anilines is 1. The highest BCUT2D eigenvalue weighted by Crippen LogP contribution is 2.43. The van der Waals surface area contributed by atoms with Crippen LogP contribution >= 0.6 is 0 Å². The Balaban J connectivity index is 0.918. The van der Waals surface area contributed by atoms with Gasteiger partial charge in [-0.15, -0.1) is 6.42 Å². The molecule has 4 saturated heterocycles. The van der Waals surface area contributed by atoms with Crippen LogP contribution in [0.1, 0.15) is 238 Å². The van der Waals surface area contributed by atoms with E-state index in [0.29, 0.717) is 55.5 Å². The number of hydrogen-bond acceptors (Lipinski definition) is 12. The molecule has 4 aromatic rings. The van der Waals surface area contributed by atoms with Gasteiger partial charge in [0.2, 0.25) is 6.79 Å². The molecule has 2 bridgehead atoms. The number of carbonyl (C=O) groups excluding carboxylic acids is 3. The quantitative estimate of drug-likeness (QED) is 0.0141. The number of amides is 1. The van der Waals surface area contributed by atoms with Gasteiger partial charge in [-0.25, -0.2) is 13.6 Å². The van der Waals surface area contributed by atoms with E-state index >= 15 is 8.78 Å². The molecule has 2 aromatic heterocycles. The number of esters is 2. The second-order valence-corrected chi connectivity index (χ2v) is 24.1. The summed E-state index contributed by atoms with van der Waals surface area (Å²) in [6.45, 7) is 7.10. The molecule has 2 unspecified atom stereocenters. The Labute approximate surface area is 487 Å². The minimum atomic E-state index is -0.801. The van der Waals surface area contributed by atoms with E-state index in [9.17, 15) is 14.4 Å². The van der Waals surface area contributed by atoms with Gasteiger partial charge in [-0.1, -0.05) is 180 Å².